The van der Waals surface area contributed by atoms with Crippen LogP contribution in [0.15, 0.2) is 71.9 Å². The summed E-state index contributed by atoms with van der Waals surface area (Å²) in [6, 6.07) is 13.6. The number of ether oxygens (including phenoxy) is 1. The summed E-state index contributed by atoms with van der Waals surface area (Å²) in [5, 5.41) is 12.8. The van der Waals surface area contributed by atoms with Gasteiger partial charge in [0.05, 0.1) is 25.3 Å². The van der Waals surface area contributed by atoms with E-state index in [1.807, 2.05) is 17.5 Å². The van der Waals surface area contributed by atoms with Crippen molar-refractivity contribution in [2.24, 2.45) is 0 Å². The summed E-state index contributed by atoms with van der Waals surface area (Å²) in [7, 11) is 1.57. The lowest BCUT2D eigenvalue weighted by molar-refractivity contribution is -0.140. The topological polar surface area (TPSA) is 79.7 Å². The largest absolute Gasteiger partial charge is 0.507 e. The summed E-state index contributed by atoms with van der Waals surface area (Å²) in [6.45, 7) is 0.281. The number of carbonyl (C=O) groups excluding carboxylic acids is 2. The van der Waals surface area contributed by atoms with Crippen LogP contribution in [0.25, 0.3) is 5.76 Å². The number of methoxy groups -OCH3 is 1. The smallest absolute Gasteiger partial charge is 0.295 e. The van der Waals surface area contributed by atoms with E-state index in [1.165, 1.54) is 22.4 Å². The Hall–Kier alpha value is -3.45. The van der Waals surface area contributed by atoms with Gasteiger partial charge >= 0.3 is 0 Å². The predicted octanol–water partition coefficient (Wildman–Crippen LogP) is 3.77. The van der Waals surface area contributed by atoms with Crippen LogP contribution < -0.4 is 4.74 Å². The van der Waals surface area contributed by atoms with Crippen molar-refractivity contribution < 1.29 is 19.4 Å². The van der Waals surface area contributed by atoms with Crippen LogP contribution in [-0.2, 0) is 16.1 Å². The van der Waals surface area contributed by atoms with Gasteiger partial charge in [-0.1, -0.05) is 18.2 Å². The number of Topliss-reactive ketones (excluding diaryl/α,β-unsaturated/α-hetero) is 1. The maximum atomic E-state index is 12.9. The van der Waals surface area contributed by atoms with Crippen molar-refractivity contribution in [3.05, 3.63) is 87.9 Å². The first-order valence-corrected chi connectivity index (χ1v) is 9.83. The quantitative estimate of drug-likeness (QED) is 0.396. The zero-order chi connectivity index (χ0) is 20.4. The van der Waals surface area contributed by atoms with E-state index in [4.69, 9.17) is 4.74 Å². The Morgan fingerprint density at radius 3 is 2.59 bits per heavy atom. The molecule has 1 saturated heterocycles. The fraction of sp³-hybridized carbons (Fsp3) is 0.136. The van der Waals surface area contributed by atoms with Gasteiger partial charge in [0.25, 0.3) is 11.7 Å². The summed E-state index contributed by atoms with van der Waals surface area (Å²) >= 11 is 1.51. The first kappa shape index (κ1) is 18.9. The molecule has 146 valence electrons. The van der Waals surface area contributed by atoms with Crippen molar-refractivity contribution in [2.75, 3.05) is 7.11 Å². The number of hydrogen-bond acceptors (Lipinski definition) is 6. The van der Waals surface area contributed by atoms with E-state index in [0.29, 0.717) is 16.9 Å². The van der Waals surface area contributed by atoms with Gasteiger partial charge < -0.3 is 14.7 Å². The van der Waals surface area contributed by atoms with Crippen molar-refractivity contribution >= 4 is 28.8 Å². The number of ketones is 1. The van der Waals surface area contributed by atoms with Crippen LogP contribution in [0.2, 0.25) is 0 Å². The minimum absolute atomic E-state index is 0.0599. The molecule has 1 atom stereocenters. The molecule has 7 heteroatoms. The number of pyridine rings is 1. The molecule has 6 nitrogen and oxygen atoms in total. The van der Waals surface area contributed by atoms with Gasteiger partial charge in [-0.25, -0.2) is 0 Å². The summed E-state index contributed by atoms with van der Waals surface area (Å²) in [4.78, 5) is 32.2. The third-order valence-electron chi connectivity index (χ3n) is 4.81. The molecular formula is C22H18N2O4S. The molecule has 1 amide bonds. The van der Waals surface area contributed by atoms with Crippen molar-refractivity contribution in [3.63, 3.8) is 0 Å². The Bertz CT molecular complexity index is 1060. The van der Waals surface area contributed by atoms with Crippen molar-refractivity contribution in [1.29, 1.82) is 0 Å². The van der Waals surface area contributed by atoms with Crippen molar-refractivity contribution in [3.8, 4) is 5.75 Å². The number of thiophene rings is 1. The summed E-state index contributed by atoms with van der Waals surface area (Å²) in [6.07, 6.45) is 3.04. The third-order valence-corrected chi connectivity index (χ3v) is 5.67. The Labute approximate surface area is 171 Å². The zero-order valence-electron chi connectivity index (χ0n) is 15.6. The van der Waals surface area contributed by atoms with E-state index in [9.17, 15) is 14.7 Å². The highest BCUT2D eigenvalue weighted by Crippen LogP contribution is 2.40. The third kappa shape index (κ3) is 3.52. The molecule has 1 unspecified atom stereocenters. The number of nitrogens with zero attached hydrogens (tertiary/aromatic N) is 2. The second kappa shape index (κ2) is 7.89. The number of aromatic nitrogens is 1. The molecule has 29 heavy (non-hydrogen) atoms. The molecule has 1 N–H and O–H groups in total. The monoisotopic (exact) mass is 406 g/mol. The Morgan fingerprint density at radius 1 is 1.17 bits per heavy atom. The van der Waals surface area contributed by atoms with Gasteiger partial charge in [-0.3, -0.25) is 14.6 Å². The Kier molecular flexibility index (Phi) is 5.14. The van der Waals surface area contributed by atoms with Gasteiger partial charge in [-0.15, -0.1) is 11.3 Å². The first-order valence-electron chi connectivity index (χ1n) is 8.95. The van der Waals surface area contributed by atoms with Gasteiger partial charge in [0.1, 0.15) is 11.5 Å². The predicted molar refractivity (Wildman–Crippen MR) is 109 cm³/mol. The molecule has 0 radical (unpaired) electrons. The molecule has 3 aromatic rings. The molecule has 3 heterocycles. The summed E-state index contributed by atoms with van der Waals surface area (Å²) in [5.74, 6) is -0.907. The van der Waals surface area contributed by atoms with Gasteiger partial charge in [0.2, 0.25) is 0 Å². The van der Waals surface area contributed by atoms with Crippen molar-refractivity contribution in [1.82, 2.24) is 9.88 Å². The number of benzene rings is 1. The normalized spacial score (nSPS) is 18.2. The zero-order valence-corrected chi connectivity index (χ0v) is 16.4. The number of hydrogen-bond donors (Lipinski definition) is 1. The molecule has 0 spiro atoms. The lowest BCUT2D eigenvalue weighted by Crippen LogP contribution is -2.28. The molecule has 1 aliphatic heterocycles. The highest BCUT2D eigenvalue weighted by atomic mass is 32.1. The van der Waals surface area contributed by atoms with Gasteiger partial charge in [0.15, 0.2) is 0 Å². The molecule has 4 rings (SSSR count). The standard InChI is InChI=1S/C22H18N2O4S/c1-28-16-8-6-14(7-9-16)19-18(20(25)15-4-2-10-23-12-15)21(26)22(27)24(19)13-17-5-3-11-29-17/h2-12,19,25H,13H2,1H3/b20-18+. The van der Waals surface area contributed by atoms with Crippen LogP contribution >= 0.6 is 11.3 Å². The minimum atomic E-state index is -0.705. The van der Waals surface area contributed by atoms with Gasteiger partial charge in [-0.05, 0) is 41.3 Å². The van der Waals surface area contributed by atoms with Gasteiger partial charge in [-0.2, -0.15) is 0 Å². The number of aliphatic hydroxyl groups is 1. The SMILES string of the molecule is COc1ccc(C2/C(=C(\O)c3cccnc3)C(=O)C(=O)N2Cc2cccs2)cc1. The van der Waals surface area contributed by atoms with Crippen LogP contribution in [0.5, 0.6) is 5.75 Å². The lowest BCUT2D eigenvalue weighted by atomic mass is 9.95. The van der Waals surface area contributed by atoms with Crippen LogP contribution in [0, 0.1) is 0 Å². The molecule has 1 aliphatic rings. The van der Waals surface area contributed by atoms with Crippen LogP contribution in [0.1, 0.15) is 22.0 Å². The average Bonchev–Trinajstić information content (AvgIpc) is 3.36. The van der Waals surface area contributed by atoms with E-state index in [1.54, 1.807) is 49.7 Å². The second-order valence-electron chi connectivity index (χ2n) is 6.52. The Morgan fingerprint density at radius 2 is 1.97 bits per heavy atom. The minimum Gasteiger partial charge on any atom is -0.507 e. The molecular weight excluding hydrogens is 388 g/mol. The number of amides is 1. The fourth-order valence-corrected chi connectivity index (χ4v) is 4.11. The van der Waals surface area contributed by atoms with E-state index >= 15 is 0 Å². The van der Waals surface area contributed by atoms with Crippen molar-refractivity contribution in [2.45, 2.75) is 12.6 Å². The van der Waals surface area contributed by atoms with Crippen LogP contribution in [-0.4, -0.2) is 33.8 Å². The van der Waals surface area contributed by atoms with E-state index in [0.717, 1.165) is 4.88 Å². The van der Waals surface area contributed by atoms with E-state index < -0.39 is 17.7 Å². The molecule has 0 aliphatic carbocycles. The Balaban J connectivity index is 1.85. The molecule has 0 bridgehead atoms. The fourth-order valence-electron chi connectivity index (χ4n) is 3.40. The lowest BCUT2D eigenvalue weighted by Gasteiger charge is -2.25. The highest BCUT2D eigenvalue weighted by molar-refractivity contribution is 7.09. The summed E-state index contributed by atoms with van der Waals surface area (Å²) < 4.78 is 5.21. The number of likely N-dealkylation sites (tertiary alicyclic amines) is 1. The second-order valence-corrected chi connectivity index (χ2v) is 7.55. The summed E-state index contributed by atoms with van der Waals surface area (Å²) in [5.41, 5.74) is 1.16. The molecule has 1 fully saturated rings. The molecule has 1 aromatic carbocycles. The first-order chi connectivity index (χ1) is 14.1. The van der Waals surface area contributed by atoms with E-state index in [2.05, 4.69) is 4.98 Å². The molecule has 2 aromatic heterocycles. The molecule has 0 saturated carbocycles. The van der Waals surface area contributed by atoms with Gasteiger partial charge in [0, 0.05) is 22.8 Å². The van der Waals surface area contributed by atoms with Crippen LogP contribution in [0.4, 0.5) is 0 Å². The van der Waals surface area contributed by atoms with Crippen LogP contribution in [0.3, 0.4) is 0 Å². The van der Waals surface area contributed by atoms with E-state index in [-0.39, 0.29) is 17.9 Å². The maximum absolute atomic E-state index is 12.9. The number of carbonyl (C=O) groups is 2. The highest BCUT2D eigenvalue weighted by Gasteiger charge is 2.46. The average molecular weight is 406 g/mol. The number of aliphatic hydroxyl groups excluding tert-OH is 1. The number of rotatable bonds is 5. The maximum Gasteiger partial charge on any atom is 0.295 e.